The second kappa shape index (κ2) is 4.99. The van der Waals surface area contributed by atoms with E-state index in [0.717, 1.165) is 6.42 Å². The SMILES string of the molecule is CSc1ccc(C2=CCC=NC=C2)cc1. The monoisotopic (exact) mass is 215 g/mol. The largest absolute Gasteiger partial charge is 0.269 e. The van der Waals surface area contributed by atoms with Crippen LogP contribution in [0.2, 0.25) is 0 Å². The number of allylic oxidation sites excluding steroid dienone is 3. The third-order valence-corrected chi connectivity index (χ3v) is 3.06. The van der Waals surface area contributed by atoms with Gasteiger partial charge < -0.3 is 0 Å². The molecule has 1 aromatic carbocycles. The van der Waals surface area contributed by atoms with Crippen molar-refractivity contribution in [3.05, 3.63) is 48.2 Å². The molecule has 1 aliphatic rings. The molecule has 0 bridgehead atoms. The quantitative estimate of drug-likeness (QED) is 0.684. The first-order chi connectivity index (χ1) is 7.40. The molecule has 2 rings (SSSR count). The summed E-state index contributed by atoms with van der Waals surface area (Å²) in [5.74, 6) is 0. The maximum absolute atomic E-state index is 4.12. The fraction of sp³-hybridized carbons (Fsp3) is 0.154. The van der Waals surface area contributed by atoms with Crippen LogP contribution in [-0.4, -0.2) is 12.5 Å². The van der Waals surface area contributed by atoms with Gasteiger partial charge in [0.25, 0.3) is 0 Å². The molecule has 0 spiro atoms. The van der Waals surface area contributed by atoms with Crippen molar-refractivity contribution in [2.75, 3.05) is 6.26 Å². The Hall–Kier alpha value is -1.28. The summed E-state index contributed by atoms with van der Waals surface area (Å²) in [6, 6.07) is 8.63. The molecule has 0 saturated heterocycles. The molecule has 0 amide bonds. The third kappa shape index (κ3) is 2.60. The Morgan fingerprint density at radius 1 is 1.20 bits per heavy atom. The van der Waals surface area contributed by atoms with Gasteiger partial charge in [-0.2, -0.15) is 0 Å². The molecule has 1 heterocycles. The van der Waals surface area contributed by atoms with Crippen LogP contribution in [0, 0.1) is 0 Å². The van der Waals surface area contributed by atoms with Gasteiger partial charge in [0.05, 0.1) is 0 Å². The zero-order chi connectivity index (χ0) is 10.5. The van der Waals surface area contributed by atoms with E-state index < -0.39 is 0 Å². The van der Waals surface area contributed by atoms with Crippen LogP contribution in [-0.2, 0) is 0 Å². The molecule has 1 aromatic rings. The van der Waals surface area contributed by atoms with Crippen molar-refractivity contribution in [3.63, 3.8) is 0 Å². The number of hydrogen-bond donors (Lipinski definition) is 0. The fourth-order valence-corrected chi connectivity index (χ4v) is 1.90. The van der Waals surface area contributed by atoms with E-state index in [1.165, 1.54) is 16.0 Å². The summed E-state index contributed by atoms with van der Waals surface area (Å²) in [4.78, 5) is 5.42. The number of benzene rings is 1. The summed E-state index contributed by atoms with van der Waals surface area (Å²) in [6.07, 6.45) is 11.0. The minimum absolute atomic E-state index is 0.909. The molecule has 0 atom stereocenters. The number of thioether (sulfide) groups is 1. The van der Waals surface area contributed by atoms with E-state index in [4.69, 9.17) is 0 Å². The second-order valence-corrected chi connectivity index (χ2v) is 4.15. The van der Waals surface area contributed by atoms with Crippen LogP contribution in [0.15, 0.2) is 52.5 Å². The fourth-order valence-electron chi connectivity index (χ4n) is 1.49. The van der Waals surface area contributed by atoms with Gasteiger partial charge in [-0.1, -0.05) is 18.2 Å². The van der Waals surface area contributed by atoms with Crippen LogP contribution in [0.25, 0.3) is 5.57 Å². The molecule has 2 heteroatoms. The Morgan fingerprint density at radius 3 is 2.73 bits per heavy atom. The molecule has 0 N–H and O–H groups in total. The van der Waals surface area contributed by atoms with E-state index in [1.54, 1.807) is 11.8 Å². The van der Waals surface area contributed by atoms with Crippen LogP contribution in [0.3, 0.4) is 0 Å². The van der Waals surface area contributed by atoms with Gasteiger partial charge >= 0.3 is 0 Å². The average Bonchev–Trinajstić information content (AvgIpc) is 2.58. The second-order valence-electron chi connectivity index (χ2n) is 3.27. The van der Waals surface area contributed by atoms with Crippen LogP contribution < -0.4 is 0 Å². The minimum Gasteiger partial charge on any atom is -0.269 e. The Morgan fingerprint density at radius 2 is 2.00 bits per heavy atom. The number of hydrogen-bond acceptors (Lipinski definition) is 2. The van der Waals surface area contributed by atoms with Gasteiger partial charge in [-0.3, -0.25) is 4.99 Å². The molecular formula is C13H13NS. The highest BCUT2D eigenvalue weighted by Gasteiger charge is 1.98. The maximum Gasteiger partial charge on any atom is 0.0270 e. The van der Waals surface area contributed by atoms with Gasteiger partial charge in [-0.25, -0.2) is 0 Å². The maximum atomic E-state index is 4.12. The molecule has 15 heavy (non-hydrogen) atoms. The molecule has 0 saturated carbocycles. The van der Waals surface area contributed by atoms with E-state index in [-0.39, 0.29) is 0 Å². The molecule has 0 unspecified atom stereocenters. The summed E-state index contributed by atoms with van der Waals surface area (Å²) in [5.41, 5.74) is 2.51. The van der Waals surface area contributed by atoms with E-state index in [2.05, 4.69) is 47.7 Å². The highest BCUT2D eigenvalue weighted by molar-refractivity contribution is 7.98. The lowest BCUT2D eigenvalue weighted by Crippen LogP contribution is -1.81. The number of aliphatic imine (C=N–C) groups is 1. The zero-order valence-corrected chi connectivity index (χ0v) is 9.50. The lowest BCUT2D eigenvalue weighted by atomic mass is 10.1. The third-order valence-electron chi connectivity index (χ3n) is 2.31. The number of rotatable bonds is 2. The molecule has 0 radical (unpaired) electrons. The van der Waals surface area contributed by atoms with Crippen LogP contribution >= 0.6 is 11.8 Å². The first kappa shape index (κ1) is 10.2. The predicted molar refractivity (Wildman–Crippen MR) is 68.4 cm³/mol. The number of nitrogens with zero attached hydrogens (tertiary/aromatic N) is 1. The molecule has 1 aliphatic heterocycles. The van der Waals surface area contributed by atoms with Gasteiger partial charge in [0.1, 0.15) is 0 Å². The van der Waals surface area contributed by atoms with Crippen molar-refractivity contribution in [1.82, 2.24) is 0 Å². The van der Waals surface area contributed by atoms with E-state index >= 15 is 0 Å². The lowest BCUT2D eigenvalue weighted by Gasteiger charge is -2.02. The van der Waals surface area contributed by atoms with Gasteiger partial charge in [0, 0.05) is 23.7 Å². The van der Waals surface area contributed by atoms with Crippen molar-refractivity contribution in [1.29, 1.82) is 0 Å². The minimum atomic E-state index is 0.909. The molecule has 76 valence electrons. The van der Waals surface area contributed by atoms with Crippen molar-refractivity contribution in [2.45, 2.75) is 11.3 Å². The predicted octanol–water partition coefficient (Wildman–Crippen LogP) is 3.78. The Labute approximate surface area is 94.6 Å². The first-order valence-electron chi connectivity index (χ1n) is 4.93. The van der Waals surface area contributed by atoms with E-state index in [9.17, 15) is 0 Å². The summed E-state index contributed by atoms with van der Waals surface area (Å²) in [5, 5.41) is 0. The topological polar surface area (TPSA) is 12.4 Å². The van der Waals surface area contributed by atoms with E-state index in [0.29, 0.717) is 0 Å². The Kier molecular flexibility index (Phi) is 3.41. The summed E-state index contributed by atoms with van der Waals surface area (Å²) in [7, 11) is 0. The standard InChI is InChI=1S/C13H13NS/c1-15-13-6-4-12(5-7-13)11-3-2-9-14-10-8-11/h3-10H,2H2,1H3. The van der Waals surface area contributed by atoms with Crippen LogP contribution in [0.1, 0.15) is 12.0 Å². The summed E-state index contributed by atoms with van der Waals surface area (Å²) in [6.45, 7) is 0. The van der Waals surface area contributed by atoms with Gasteiger partial charge in [-0.15, -0.1) is 11.8 Å². The molecule has 1 nitrogen and oxygen atoms in total. The Bertz CT molecular complexity index is 413. The normalized spacial score (nSPS) is 14.9. The molecule has 0 aromatic heterocycles. The molecular weight excluding hydrogens is 202 g/mol. The van der Waals surface area contributed by atoms with Crippen molar-refractivity contribution < 1.29 is 0 Å². The zero-order valence-electron chi connectivity index (χ0n) is 8.68. The first-order valence-corrected chi connectivity index (χ1v) is 6.15. The van der Waals surface area contributed by atoms with Gasteiger partial charge in [-0.05, 0) is 35.6 Å². The van der Waals surface area contributed by atoms with Crippen LogP contribution in [0.5, 0.6) is 0 Å². The van der Waals surface area contributed by atoms with Gasteiger partial charge in [0.15, 0.2) is 0 Å². The van der Waals surface area contributed by atoms with Gasteiger partial charge in [0.2, 0.25) is 0 Å². The van der Waals surface area contributed by atoms with Crippen molar-refractivity contribution >= 4 is 23.5 Å². The lowest BCUT2D eigenvalue weighted by molar-refractivity contribution is 1.43. The summed E-state index contributed by atoms with van der Waals surface area (Å²) >= 11 is 1.77. The van der Waals surface area contributed by atoms with Crippen molar-refractivity contribution in [2.24, 2.45) is 4.99 Å². The highest BCUT2D eigenvalue weighted by Crippen LogP contribution is 2.21. The molecule has 0 aliphatic carbocycles. The molecule has 0 fully saturated rings. The highest BCUT2D eigenvalue weighted by atomic mass is 32.2. The summed E-state index contributed by atoms with van der Waals surface area (Å²) < 4.78 is 0. The van der Waals surface area contributed by atoms with E-state index in [1.807, 2.05) is 12.4 Å². The average molecular weight is 215 g/mol. The smallest absolute Gasteiger partial charge is 0.0270 e. The Balaban J connectivity index is 2.25. The van der Waals surface area contributed by atoms with Crippen LogP contribution in [0.4, 0.5) is 0 Å². The van der Waals surface area contributed by atoms with Crippen molar-refractivity contribution in [3.8, 4) is 0 Å².